The summed E-state index contributed by atoms with van der Waals surface area (Å²) in [5, 5.41) is 0.712. The zero-order valence-electron chi connectivity index (χ0n) is 13.9. The minimum Gasteiger partial charge on any atom is -0.368 e. The van der Waals surface area contributed by atoms with Crippen LogP contribution in [0.5, 0.6) is 0 Å². The van der Waals surface area contributed by atoms with E-state index >= 15 is 0 Å². The summed E-state index contributed by atoms with van der Waals surface area (Å²) in [5.74, 6) is -0.480. The van der Waals surface area contributed by atoms with Crippen molar-refractivity contribution in [1.29, 1.82) is 0 Å². The highest BCUT2D eigenvalue weighted by Crippen LogP contribution is 2.25. The first-order valence-electron chi connectivity index (χ1n) is 8.02. The molecule has 2 aromatic rings. The van der Waals surface area contributed by atoms with E-state index in [2.05, 4.69) is 11.8 Å². The molecule has 0 spiro atoms. The third-order valence-electron chi connectivity index (χ3n) is 4.51. The van der Waals surface area contributed by atoms with Crippen LogP contribution in [0.2, 0.25) is 5.02 Å². The van der Waals surface area contributed by atoms with Crippen molar-refractivity contribution >= 4 is 23.2 Å². The van der Waals surface area contributed by atoms with E-state index in [0.717, 1.165) is 24.3 Å². The topological polar surface area (TPSA) is 23.6 Å². The summed E-state index contributed by atoms with van der Waals surface area (Å²) in [7, 11) is 0. The zero-order valence-corrected chi connectivity index (χ0v) is 14.6. The first-order chi connectivity index (χ1) is 11.5. The van der Waals surface area contributed by atoms with Crippen LogP contribution in [0.3, 0.4) is 0 Å². The molecule has 0 atom stereocenters. The van der Waals surface area contributed by atoms with Crippen molar-refractivity contribution in [2.24, 2.45) is 0 Å². The molecule has 2 aromatic carbocycles. The number of amides is 1. The van der Waals surface area contributed by atoms with Crippen molar-refractivity contribution in [2.45, 2.75) is 13.8 Å². The molecule has 1 saturated heterocycles. The largest absolute Gasteiger partial charge is 0.368 e. The van der Waals surface area contributed by atoms with Crippen LogP contribution in [-0.2, 0) is 0 Å². The molecular formula is C19H20ClFN2O. The number of carbonyl (C=O) groups excluding carboxylic acids is 1. The lowest BCUT2D eigenvalue weighted by Crippen LogP contribution is -2.49. The lowest BCUT2D eigenvalue weighted by Gasteiger charge is -2.37. The maximum Gasteiger partial charge on any atom is 0.254 e. The van der Waals surface area contributed by atoms with E-state index < -0.39 is 0 Å². The van der Waals surface area contributed by atoms with Gasteiger partial charge in [-0.1, -0.05) is 23.7 Å². The molecule has 1 heterocycles. The van der Waals surface area contributed by atoms with E-state index in [1.807, 2.05) is 25.1 Å². The van der Waals surface area contributed by atoms with Gasteiger partial charge in [-0.05, 0) is 49.2 Å². The van der Waals surface area contributed by atoms with Crippen LogP contribution in [-0.4, -0.2) is 37.0 Å². The van der Waals surface area contributed by atoms with E-state index in [0.29, 0.717) is 23.7 Å². The summed E-state index contributed by atoms with van der Waals surface area (Å²) >= 11 is 6.10. The number of anilines is 1. The van der Waals surface area contributed by atoms with E-state index in [4.69, 9.17) is 11.6 Å². The first-order valence-corrected chi connectivity index (χ1v) is 8.40. The molecule has 126 valence electrons. The summed E-state index contributed by atoms with van der Waals surface area (Å²) in [6.07, 6.45) is 0. The Morgan fingerprint density at radius 3 is 2.38 bits per heavy atom. The second-order valence-corrected chi connectivity index (χ2v) is 6.61. The fourth-order valence-electron chi connectivity index (χ4n) is 3.07. The van der Waals surface area contributed by atoms with Crippen LogP contribution in [0.4, 0.5) is 10.1 Å². The minimum atomic E-state index is -0.378. The molecule has 24 heavy (non-hydrogen) atoms. The first kappa shape index (κ1) is 16.8. The second-order valence-electron chi connectivity index (χ2n) is 6.17. The predicted molar refractivity (Wildman–Crippen MR) is 95.4 cm³/mol. The number of carbonyl (C=O) groups is 1. The van der Waals surface area contributed by atoms with E-state index in [1.165, 1.54) is 17.7 Å². The quantitative estimate of drug-likeness (QED) is 0.818. The zero-order chi connectivity index (χ0) is 17.3. The molecule has 5 heteroatoms. The Labute approximate surface area is 146 Å². The van der Waals surface area contributed by atoms with Crippen LogP contribution in [0, 0.1) is 19.7 Å². The monoisotopic (exact) mass is 346 g/mol. The van der Waals surface area contributed by atoms with Gasteiger partial charge in [-0.25, -0.2) is 4.39 Å². The summed E-state index contributed by atoms with van der Waals surface area (Å²) < 4.78 is 13.4. The average molecular weight is 347 g/mol. The molecular weight excluding hydrogens is 327 g/mol. The molecule has 0 bridgehead atoms. The Hall–Kier alpha value is -2.07. The van der Waals surface area contributed by atoms with Crippen molar-refractivity contribution in [3.8, 4) is 0 Å². The Kier molecular flexibility index (Phi) is 4.76. The standard InChI is InChI=1S/C19H20ClFN2O/c1-13-4-6-16(21)12-17(13)19(24)23-9-7-22(8-10-23)18-11-15(20)5-3-14(18)2/h3-6,11-12H,7-10H2,1-2H3. The summed E-state index contributed by atoms with van der Waals surface area (Å²) in [4.78, 5) is 16.7. The van der Waals surface area contributed by atoms with Gasteiger partial charge in [0.1, 0.15) is 5.82 Å². The van der Waals surface area contributed by atoms with Gasteiger partial charge in [0.15, 0.2) is 0 Å². The molecule has 1 aliphatic heterocycles. The van der Waals surface area contributed by atoms with Crippen molar-refractivity contribution in [3.05, 3.63) is 63.9 Å². The maximum absolute atomic E-state index is 13.4. The van der Waals surface area contributed by atoms with Gasteiger partial charge < -0.3 is 9.80 Å². The lowest BCUT2D eigenvalue weighted by molar-refractivity contribution is 0.0745. The van der Waals surface area contributed by atoms with Gasteiger partial charge in [-0.15, -0.1) is 0 Å². The van der Waals surface area contributed by atoms with Crippen LogP contribution in [0.25, 0.3) is 0 Å². The molecule has 1 fully saturated rings. The van der Waals surface area contributed by atoms with Gasteiger partial charge in [-0.3, -0.25) is 4.79 Å². The van der Waals surface area contributed by atoms with Gasteiger partial charge >= 0.3 is 0 Å². The minimum absolute atomic E-state index is 0.102. The van der Waals surface area contributed by atoms with Crippen molar-refractivity contribution in [3.63, 3.8) is 0 Å². The third kappa shape index (κ3) is 3.39. The molecule has 3 nitrogen and oxygen atoms in total. The molecule has 0 radical (unpaired) electrons. The predicted octanol–water partition coefficient (Wildman–Crippen LogP) is 4.06. The van der Waals surface area contributed by atoms with Crippen LogP contribution in [0.1, 0.15) is 21.5 Å². The van der Waals surface area contributed by atoms with Gasteiger partial charge in [0.05, 0.1) is 0 Å². The molecule has 1 aliphatic rings. The molecule has 3 rings (SSSR count). The molecule has 0 saturated carbocycles. The Morgan fingerprint density at radius 2 is 1.67 bits per heavy atom. The third-order valence-corrected chi connectivity index (χ3v) is 4.74. The highest BCUT2D eigenvalue weighted by Gasteiger charge is 2.24. The molecule has 1 amide bonds. The number of aryl methyl sites for hydroxylation is 2. The Balaban J connectivity index is 1.72. The average Bonchev–Trinajstić information content (AvgIpc) is 2.59. The van der Waals surface area contributed by atoms with Crippen LogP contribution < -0.4 is 4.90 Å². The van der Waals surface area contributed by atoms with Gasteiger partial charge in [0.25, 0.3) is 5.91 Å². The number of hydrogen-bond donors (Lipinski definition) is 0. The van der Waals surface area contributed by atoms with Crippen molar-refractivity contribution < 1.29 is 9.18 Å². The number of rotatable bonds is 2. The van der Waals surface area contributed by atoms with Crippen molar-refractivity contribution in [1.82, 2.24) is 4.90 Å². The van der Waals surface area contributed by atoms with Gasteiger partial charge in [0.2, 0.25) is 0 Å². The fourth-order valence-corrected chi connectivity index (χ4v) is 3.23. The molecule has 0 aliphatic carbocycles. The van der Waals surface area contributed by atoms with Gasteiger partial charge in [-0.2, -0.15) is 0 Å². The van der Waals surface area contributed by atoms with Crippen molar-refractivity contribution in [2.75, 3.05) is 31.1 Å². The summed E-state index contributed by atoms with van der Waals surface area (Å²) in [6, 6.07) is 10.2. The number of benzene rings is 2. The lowest BCUT2D eigenvalue weighted by atomic mass is 10.1. The number of nitrogens with zero attached hydrogens (tertiary/aromatic N) is 2. The Bertz CT molecular complexity index is 770. The van der Waals surface area contributed by atoms with Crippen LogP contribution >= 0.6 is 11.6 Å². The SMILES string of the molecule is Cc1ccc(F)cc1C(=O)N1CCN(c2cc(Cl)ccc2C)CC1. The van der Waals surface area contributed by atoms with E-state index in [-0.39, 0.29) is 11.7 Å². The van der Waals surface area contributed by atoms with E-state index in [9.17, 15) is 9.18 Å². The molecule has 0 aromatic heterocycles. The number of piperazine rings is 1. The normalized spacial score (nSPS) is 14.8. The molecule has 0 unspecified atom stereocenters. The number of halogens is 2. The summed E-state index contributed by atoms with van der Waals surface area (Å²) in [6.45, 7) is 6.58. The van der Waals surface area contributed by atoms with Gasteiger partial charge in [0, 0.05) is 42.5 Å². The smallest absolute Gasteiger partial charge is 0.254 e. The summed E-state index contributed by atoms with van der Waals surface area (Å²) in [5.41, 5.74) is 3.52. The Morgan fingerprint density at radius 1 is 1.00 bits per heavy atom. The highest BCUT2D eigenvalue weighted by atomic mass is 35.5. The second kappa shape index (κ2) is 6.81. The molecule has 0 N–H and O–H groups in total. The van der Waals surface area contributed by atoms with E-state index in [1.54, 1.807) is 11.0 Å². The number of hydrogen-bond acceptors (Lipinski definition) is 2. The van der Waals surface area contributed by atoms with Crippen LogP contribution in [0.15, 0.2) is 36.4 Å². The fraction of sp³-hybridized carbons (Fsp3) is 0.316. The maximum atomic E-state index is 13.4. The highest BCUT2D eigenvalue weighted by molar-refractivity contribution is 6.30.